The Morgan fingerprint density at radius 2 is 2.36 bits per heavy atom. The van der Waals surface area contributed by atoms with Crippen LogP contribution in [0.2, 0.25) is 0 Å². The van der Waals surface area contributed by atoms with Crippen molar-refractivity contribution in [1.29, 1.82) is 0 Å². The molecule has 0 radical (unpaired) electrons. The maximum atomic E-state index is 4.97. The van der Waals surface area contributed by atoms with Gasteiger partial charge in [0.2, 0.25) is 0 Å². The van der Waals surface area contributed by atoms with Crippen molar-refractivity contribution in [1.82, 2.24) is 10.3 Å². The molecule has 4 heteroatoms. The van der Waals surface area contributed by atoms with Crippen LogP contribution in [0.1, 0.15) is 17.0 Å². The maximum absolute atomic E-state index is 4.97. The Morgan fingerprint density at radius 3 is 3.00 bits per heavy atom. The summed E-state index contributed by atoms with van der Waals surface area (Å²) >= 11 is 1.74. The van der Waals surface area contributed by atoms with Crippen LogP contribution in [0.15, 0.2) is 5.51 Å². The highest BCUT2D eigenvalue weighted by atomic mass is 32.1. The zero-order chi connectivity index (χ0) is 10.2. The summed E-state index contributed by atoms with van der Waals surface area (Å²) in [5.74, 6) is 0. The van der Waals surface area contributed by atoms with Crippen molar-refractivity contribution in [2.24, 2.45) is 0 Å². The van der Waals surface area contributed by atoms with Crippen LogP contribution in [0.25, 0.3) is 0 Å². The van der Waals surface area contributed by atoms with Gasteiger partial charge in [-0.2, -0.15) is 0 Å². The van der Waals surface area contributed by atoms with E-state index in [1.54, 1.807) is 18.4 Å². The third-order valence-electron chi connectivity index (χ3n) is 2.08. The van der Waals surface area contributed by atoms with Crippen molar-refractivity contribution in [3.63, 3.8) is 0 Å². The van der Waals surface area contributed by atoms with E-state index in [0.717, 1.165) is 32.5 Å². The van der Waals surface area contributed by atoms with Crippen molar-refractivity contribution >= 4 is 11.3 Å². The molecule has 1 aromatic heterocycles. The average molecular weight is 214 g/mol. The fourth-order valence-corrected chi connectivity index (χ4v) is 2.02. The van der Waals surface area contributed by atoms with Crippen LogP contribution < -0.4 is 5.32 Å². The summed E-state index contributed by atoms with van der Waals surface area (Å²) in [4.78, 5) is 5.61. The Hall–Kier alpha value is -0.450. The number of hydrogen-bond donors (Lipinski definition) is 1. The molecule has 1 aromatic rings. The van der Waals surface area contributed by atoms with Crippen LogP contribution >= 0.6 is 11.3 Å². The van der Waals surface area contributed by atoms with Crippen molar-refractivity contribution in [2.45, 2.75) is 19.8 Å². The van der Waals surface area contributed by atoms with Gasteiger partial charge in [-0.05, 0) is 26.3 Å². The molecule has 3 nitrogen and oxygen atoms in total. The molecular formula is C10H18N2OS. The Labute approximate surface area is 89.5 Å². The highest BCUT2D eigenvalue weighted by Crippen LogP contribution is 2.11. The minimum Gasteiger partial charge on any atom is -0.385 e. The van der Waals surface area contributed by atoms with Crippen molar-refractivity contribution < 1.29 is 4.74 Å². The fourth-order valence-electron chi connectivity index (χ4n) is 1.23. The number of aryl methyl sites for hydroxylation is 1. The highest BCUT2D eigenvalue weighted by molar-refractivity contribution is 7.09. The molecular weight excluding hydrogens is 196 g/mol. The van der Waals surface area contributed by atoms with E-state index in [0.29, 0.717) is 0 Å². The van der Waals surface area contributed by atoms with Crippen LogP contribution in [0.5, 0.6) is 0 Å². The minimum atomic E-state index is 0.840. The van der Waals surface area contributed by atoms with Crippen molar-refractivity contribution in [2.75, 3.05) is 26.8 Å². The minimum absolute atomic E-state index is 0.840. The van der Waals surface area contributed by atoms with E-state index in [-0.39, 0.29) is 0 Å². The standard InChI is InChI=1S/C10H18N2OS/c1-9-10(14-8-12-9)4-6-11-5-3-7-13-2/h8,11H,3-7H2,1-2H3. The predicted octanol–water partition coefficient (Wildman–Crippen LogP) is 1.62. The smallest absolute Gasteiger partial charge is 0.0797 e. The number of hydrogen-bond acceptors (Lipinski definition) is 4. The molecule has 0 aliphatic heterocycles. The highest BCUT2D eigenvalue weighted by Gasteiger charge is 1.99. The monoisotopic (exact) mass is 214 g/mol. The summed E-state index contributed by atoms with van der Waals surface area (Å²) in [6.45, 7) is 4.97. The Balaban J connectivity index is 2.02. The quantitative estimate of drug-likeness (QED) is 0.700. The molecule has 0 fully saturated rings. The molecule has 1 heterocycles. The Morgan fingerprint density at radius 1 is 1.50 bits per heavy atom. The van der Waals surface area contributed by atoms with Gasteiger partial charge in [-0.15, -0.1) is 11.3 Å². The van der Waals surface area contributed by atoms with Gasteiger partial charge in [0.05, 0.1) is 11.2 Å². The lowest BCUT2D eigenvalue weighted by Gasteiger charge is -2.03. The molecule has 0 amide bonds. The van der Waals surface area contributed by atoms with Crippen LogP contribution in [0, 0.1) is 6.92 Å². The summed E-state index contributed by atoms with van der Waals surface area (Å²) in [5.41, 5.74) is 3.09. The molecule has 0 saturated heterocycles. The van der Waals surface area contributed by atoms with E-state index in [1.807, 2.05) is 5.51 Å². The van der Waals surface area contributed by atoms with Gasteiger partial charge in [0.25, 0.3) is 0 Å². The first-order valence-electron chi connectivity index (χ1n) is 4.93. The first-order chi connectivity index (χ1) is 6.84. The lowest BCUT2D eigenvalue weighted by atomic mass is 10.3. The first kappa shape index (κ1) is 11.6. The van der Waals surface area contributed by atoms with Crippen LogP contribution in [0.4, 0.5) is 0 Å². The van der Waals surface area contributed by atoms with Gasteiger partial charge in [0.1, 0.15) is 0 Å². The van der Waals surface area contributed by atoms with E-state index in [4.69, 9.17) is 4.74 Å². The number of nitrogens with one attached hydrogen (secondary N) is 1. The Kier molecular flexibility index (Phi) is 5.75. The molecule has 0 saturated carbocycles. The first-order valence-corrected chi connectivity index (χ1v) is 5.81. The summed E-state index contributed by atoms with van der Waals surface area (Å²) in [5, 5.41) is 3.38. The van der Waals surface area contributed by atoms with E-state index >= 15 is 0 Å². The second-order valence-electron chi connectivity index (χ2n) is 3.21. The Bertz CT molecular complexity index is 250. The van der Waals surface area contributed by atoms with Gasteiger partial charge in [-0.3, -0.25) is 0 Å². The van der Waals surface area contributed by atoms with E-state index < -0.39 is 0 Å². The zero-order valence-electron chi connectivity index (χ0n) is 8.88. The third-order valence-corrected chi connectivity index (χ3v) is 3.07. The predicted molar refractivity (Wildman–Crippen MR) is 59.9 cm³/mol. The third kappa shape index (κ3) is 4.17. The van der Waals surface area contributed by atoms with Crippen LogP contribution in [-0.4, -0.2) is 31.8 Å². The number of ether oxygens (including phenoxy) is 1. The van der Waals surface area contributed by atoms with Gasteiger partial charge < -0.3 is 10.1 Å². The number of thiazole rings is 1. The van der Waals surface area contributed by atoms with E-state index in [9.17, 15) is 0 Å². The molecule has 1 N–H and O–H groups in total. The van der Waals surface area contributed by atoms with Crippen molar-refractivity contribution in [3.8, 4) is 0 Å². The molecule has 0 unspecified atom stereocenters. The summed E-state index contributed by atoms with van der Waals surface area (Å²) < 4.78 is 4.97. The normalized spacial score (nSPS) is 10.7. The molecule has 0 aromatic carbocycles. The van der Waals surface area contributed by atoms with Gasteiger partial charge in [-0.1, -0.05) is 0 Å². The van der Waals surface area contributed by atoms with Crippen molar-refractivity contribution in [3.05, 3.63) is 16.1 Å². The molecule has 0 atom stereocenters. The van der Waals surface area contributed by atoms with Gasteiger partial charge >= 0.3 is 0 Å². The second-order valence-corrected chi connectivity index (χ2v) is 4.15. The van der Waals surface area contributed by atoms with Crippen LogP contribution in [-0.2, 0) is 11.2 Å². The SMILES string of the molecule is COCCCNCCc1scnc1C. The fraction of sp³-hybridized carbons (Fsp3) is 0.700. The molecule has 0 aliphatic rings. The lowest BCUT2D eigenvalue weighted by Crippen LogP contribution is -2.19. The number of rotatable bonds is 7. The van der Waals surface area contributed by atoms with Gasteiger partial charge in [-0.25, -0.2) is 4.98 Å². The van der Waals surface area contributed by atoms with Crippen LogP contribution in [0.3, 0.4) is 0 Å². The summed E-state index contributed by atoms with van der Waals surface area (Å²) in [7, 11) is 1.74. The number of aromatic nitrogens is 1. The van der Waals surface area contributed by atoms with Gasteiger partial charge in [0.15, 0.2) is 0 Å². The van der Waals surface area contributed by atoms with E-state index in [2.05, 4.69) is 17.2 Å². The zero-order valence-corrected chi connectivity index (χ0v) is 9.69. The molecule has 0 bridgehead atoms. The molecule has 0 aliphatic carbocycles. The molecule has 80 valence electrons. The maximum Gasteiger partial charge on any atom is 0.0797 e. The lowest BCUT2D eigenvalue weighted by molar-refractivity contribution is 0.194. The summed E-state index contributed by atoms with van der Waals surface area (Å²) in [6, 6.07) is 0. The second kappa shape index (κ2) is 6.92. The molecule has 1 rings (SSSR count). The average Bonchev–Trinajstić information content (AvgIpc) is 2.58. The largest absolute Gasteiger partial charge is 0.385 e. The molecule has 14 heavy (non-hydrogen) atoms. The summed E-state index contributed by atoms with van der Waals surface area (Å²) in [6.07, 6.45) is 2.17. The molecule has 0 spiro atoms. The number of methoxy groups -OCH3 is 1. The van der Waals surface area contributed by atoms with E-state index in [1.165, 1.54) is 10.6 Å². The topological polar surface area (TPSA) is 34.1 Å². The number of nitrogens with zero attached hydrogens (tertiary/aromatic N) is 1. The van der Waals surface area contributed by atoms with Gasteiger partial charge in [0, 0.05) is 25.1 Å².